The Labute approximate surface area is 100 Å². The van der Waals surface area contributed by atoms with Gasteiger partial charge < -0.3 is 14.4 Å². The number of carbonyl (C=O) groups is 1. The monoisotopic (exact) mass is 235 g/mol. The summed E-state index contributed by atoms with van der Waals surface area (Å²) < 4.78 is 5.42. The topological polar surface area (TPSA) is 53.7 Å². The van der Waals surface area contributed by atoms with Crippen LogP contribution in [0.1, 0.15) is 36.1 Å². The van der Waals surface area contributed by atoms with E-state index < -0.39 is 5.60 Å². The summed E-state index contributed by atoms with van der Waals surface area (Å²) in [6, 6.07) is 3.55. The molecule has 0 radical (unpaired) electrons. The van der Waals surface area contributed by atoms with E-state index in [9.17, 15) is 9.90 Å². The summed E-state index contributed by atoms with van der Waals surface area (Å²) in [6.45, 7) is 2.90. The third-order valence-corrected chi connectivity index (χ3v) is 3.77. The van der Waals surface area contributed by atoms with Crippen molar-refractivity contribution in [3.05, 3.63) is 23.7 Å². The van der Waals surface area contributed by atoms with Gasteiger partial charge in [0.1, 0.15) is 11.4 Å². The van der Waals surface area contributed by atoms with E-state index in [2.05, 4.69) is 0 Å². The summed E-state index contributed by atoms with van der Waals surface area (Å²) in [6.07, 6.45) is 2.98. The first kappa shape index (κ1) is 10.8. The highest BCUT2D eigenvalue weighted by atomic mass is 16.4. The molecule has 1 saturated heterocycles. The van der Waals surface area contributed by atoms with E-state index in [1.54, 1.807) is 11.0 Å². The Balaban J connectivity index is 1.64. The number of nitrogens with zero attached hydrogens (tertiary/aromatic N) is 1. The number of furan rings is 1. The SMILES string of the molecule is CCc1ccc(C(=O)N2CC(O)(C3CC3)C2)o1. The van der Waals surface area contributed by atoms with E-state index in [0.717, 1.165) is 25.0 Å². The molecule has 1 aromatic rings. The Morgan fingerprint density at radius 1 is 1.53 bits per heavy atom. The molecule has 3 rings (SSSR count). The maximum Gasteiger partial charge on any atom is 0.289 e. The van der Waals surface area contributed by atoms with Crippen molar-refractivity contribution in [3.63, 3.8) is 0 Å². The Morgan fingerprint density at radius 3 is 2.76 bits per heavy atom. The molecule has 0 bridgehead atoms. The summed E-state index contributed by atoms with van der Waals surface area (Å²) in [5.41, 5.74) is -0.615. The largest absolute Gasteiger partial charge is 0.456 e. The lowest BCUT2D eigenvalue weighted by atomic mass is 9.88. The number of likely N-dealkylation sites (tertiary alicyclic amines) is 1. The van der Waals surface area contributed by atoms with Crippen LogP contribution in [0.4, 0.5) is 0 Å². The quantitative estimate of drug-likeness (QED) is 0.862. The average molecular weight is 235 g/mol. The fourth-order valence-electron chi connectivity index (χ4n) is 2.48. The highest BCUT2D eigenvalue weighted by Gasteiger charge is 2.53. The van der Waals surface area contributed by atoms with E-state index >= 15 is 0 Å². The Kier molecular flexibility index (Phi) is 2.30. The first-order valence-electron chi connectivity index (χ1n) is 6.23. The van der Waals surface area contributed by atoms with Gasteiger partial charge in [-0.15, -0.1) is 0 Å². The maximum atomic E-state index is 12.0. The van der Waals surface area contributed by atoms with E-state index in [-0.39, 0.29) is 5.91 Å². The van der Waals surface area contributed by atoms with Crippen LogP contribution in [0.3, 0.4) is 0 Å². The van der Waals surface area contributed by atoms with Crippen molar-refractivity contribution in [2.24, 2.45) is 5.92 Å². The zero-order chi connectivity index (χ0) is 12.0. The molecule has 1 aliphatic heterocycles. The number of amides is 1. The standard InChI is InChI=1S/C13H17NO3/c1-2-10-5-6-11(17-10)12(15)14-7-13(16,8-14)9-3-4-9/h5-6,9,16H,2-4,7-8H2,1H3. The number of aryl methyl sites for hydroxylation is 1. The summed E-state index contributed by atoms with van der Waals surface area (Å²) in [7, 11) is 0. The fourth-order valence-corrected chi connectivity index (χ4v) is 2.48. The van der Waals surface area contributed by atoms with Crippen molar-refractivity contribution < 1.29 is 14.3 Å². The summed E-state index contributed by atoms with van der Waals surface area (Å²) >= 11 is 0. The van der Waals surface area contributed by atoms with Gasteiger partial charge in [-0.25, -0.2) is 0 Å². The second-order valence-corrected chi connectivity index (χ2v) is 5.16. The number of carbonyl (C=O) groups excluding carboxylic acids is 1. The van der Waals surface area contributed by atoms with Crippen LogP contribution in [-0.2, 0) is 6.42 Å². The second kappa shape index (κ2) is 3.60. The third kappa shape index (κ3) is 1.76. The lowest BCUT2D eigenvalue weighted by Gasteiger charge is -2.46. The van der Waals surface area contributed by atoms with Crippen LogP contribution in [0.5, 0.6) is 0 Å². The molecule has 0 spiro atoms. The van der Waals surface area contributed by atoms with Crippen LogP contribution in [0, 0.1) is 5.92 Å². The van der Waals surface area contributed by atoms with E-state index in [1.165, 1.54) is 0 Å². The van der Waals surface area contributed by atoms with E-state index in [4.69, 9.17) is 4.42 Å². The lowest BCUT2D eigenvalue weighted by Crippen LogP contribution is -2.64. The molecule has 2 aliphatic rings. The minimum atomic E-state index is -0.615. The second-order valence-electron chi connectivity index (χ2n) is 5.16. The molecule has 2 fully saturated rings. The molecule has 1 saturated carbocycles. The first-order valence-corrected chi connectivity index (χ1v) is 6.23. The summed E-state index contributed by atoms with van der Waals surface area (Å²) in [5, 5.41) is 10.1. The fraction of sp³-hybridized carbons (Fsp3) is 0.615. The molecular formula is C13H17NO3. The number of hydrogen-bond acceptors (Lipinski definition) is 3. The minimum absolute atomic E-state index is 0.102. The van der Waals surface area contributed by atoms with Gasteiger partial charge in [-0.1, -0.05) is 6.92 Å². The molecule has 1 N–H and O–H groups in total. The van der Waals surface area contributed by atoms with Crippen LogP contribution in [-0.4, -0.2) is 34.6 Å². The highest BCUT2D eigenvalue weighted by molar-refractivity contribution is 5.92. The lowest BCUT2D eigenvalue weighted by molar-refractivity contribution is -0.0965. The molecule has 4 nitrogen and oxygen atoms in total. The van der Waals surface area contributed by atoms with Gasteiger partial charge in [-0.05, 0) is 30.9 Å². The van der Waals surface area contributed by atoms with Crippen molar-refractivity contribution >= 4 is 5.91 Å². The van der Waals surface area contributed by atoms with Crippen LogP contribution >= 0.6 is 0 Å². The predicted molar refractivity (Wildman–Crippen MR) is 61.7 cm³/mol. The van der Waals surface area contributed by atoms with Gasteiger partial charge in [0, 0.05) is 6.42 Å². The van der Waals surface area contributed by atoms with Gasteiger partial charge >= 0.3 is 0 Å². The molecule has 1 amide bonds. The summed E-state index contributed by atoms with van der Waals surface area (Å²) in [5.74, 6) is 1.52. The summed E-state index contributed by atoms with van der Waals surface area (Å²) in [4.78, 5) is 13.7. The van der Waals surface area contributed by atoms with Crippen molar-refractivity contribution in [2.45, 2.75) is 31.8 Å². The molecule has 0 atom stereocenters. The average Bonchev–Trinajstić information content (AvgIpc) is 3.02. The smallest absolute Gasteiger partial charge is 0.289 e. The van der Waals surface area contributed by atoms with Gasteiger partial charge in [-0.3, -0.25) is 4.79 Å². The molecular weight excluding hydrogens is 218 g/mol. The highest BCUT2D eigenvalue weighted by Crippen LogP contribution is 2.44. The van der Waals surface area contributed by atoms with Crippen molar-refractivity contribution in [1.82, 2.24) is 4.90 Å². The molecule has 4 heteroatoms. The van der Waals surface area contributed by atoms with Crippen molar-refractivity contribution in [2.75, 3.05) is 13.1 Å². The van der Waals surface area contributed by atoms with Crippen LogP contribution in [0.15, 0.2) is 16.5 Å². The third-order valence-electron chi connectivity index (χ3n) is 3.77. The van der Waals surface area contributed by atoms with Crippen LogP contribution in [0.2, 0.25) is 0 Å². The van der Waals surface area contributed by atoms with Crippen LogP contribution in [0.25, 0.3) is 0 Å². The Hall–Kier alpha value is -1.29. The normalized spacial score (nSPS) is 22.4. The minimum Gasteiger partial charge on any atom is -0.456 e. The van der Waals surface area contributed by atoms with Crippen molar-refractivity contribution in [1.29, 1.82) is 0 Å². The number of hydrogen-bond donors (Lipinski definition) is 1. The number of aliphatic hydroxyl groups is 1. The predicted octanol–water partition coefficient (Wildman–Crippen LogP) is 1.44. The number of rotatable bonds is 3. The molecule has 0 unspecified atom stereocenters. The maximum absolute atomic E-state index is 12.0. The van der Waals surface area contributed by atoms with Crippen LogP contribution < -0.4 is 0 Å². The Morgan fingerprint density at radius 2 is 2.24 bits per heavy atom. The Bertz CT molecular complexity index is 441. The molecule has 17 heavy (non-hydrogen) atoms. The van der Waals surface area contributed by atoms with Crippen molar-refractivity contribution in [3.8, 4) is 0 Å². The number of β-amino-alcohol motifs (C(OH)–C–C–N with tert-alkyl or cyclic N) is 1. The molecule has 2 heterocycles. The van der Waals surface area contributed by atoms with E-state index in [1.807, 2.05) is 13.0 Å². The molecule has 1 aromatic heterocycles. The molecule has 92 valence electrons. The zero-order valence-corrected chi connectivity index (χ0v) is 9.98. The van der Waals surface area contributed by atoms with Gasteiger partial charge in [0.25, 0.3) is 5.91 Å². The van der Waals surface area contributed by atoms with Gasteiger partial charge in [0.2, 0.25) is 0 Å². The first-order chi connectivity index (χ1) is 8.12. The molecule has 1 aliphatic carbocycles. The van der Waals surface area contributed by atoms with Gasteiger partial charge in [0.15, 0.2) is 5.76 Å². The van der Waals surface area contributed by atoms with Gasteiger partial charge in [0.05, 0.1) is 13.1 Å². The van der Waals surface area contributed by atoms with E-state index in [0.29, 0.717) is 24.8 Å². The molecule has 0 aromatic carbocycles. The zero-order valence-electron chi connectivity index (χ0n) is 9.98. The van der Waals surface area contributed by atoms with Gasteiger partial charge in [-0.2, -0.15) is 0 Å².